The van der Waals surface area contributed by atoms with Gasteiger partial charge in [0, 0.05) is 24.5 Å². The van der Waals surface area contributed by atoms with Gasteiger partial charge in [0.25, 0.3) is 0 Å². The molecule has 26 heavy (non-hydrogen) atoms. The van der Waals surface area contributed by atoms with Crippen LogP contribution in [0.15, 0.2) is 30.3 Å². The van der Waals surface area contributed by atoms with Gasteiger partial charge in [-0.1, -0.05) is 44.2 Å². The number of rotatable bonds is 5. The number of benzene rings is 1. The molecule has 1 aliphatic heterocycles. The van der Waals surface area contributed by atoms with Crippen LogP contribution in [0, 0.1) is 11.8 Å². The van der Waals surface area contributed by atoms with Crippen LogP contribution >= 0.6 is 0 Å². The highest BCUT2D eigenvalue weighted by Crippen LogP contribution is 2.44. The highest BCUT2D eigenvalue weighted by atomic mass is 16.5. The van der Waals surface area contributed by atoms with Gasteiger partial charge in [0.15, 0.2) is 0 Å². The van der Waals surface area contributed by atoms with Crippen LogP contribution in [-0.4, -0.2) is 53.1 Å². The van der Waals surface area contributed by atoms with Gasteiger partial charge in [0.1, 0.15) is 0 Å². The SMILES string of the molecule is CC(C)C1CC(c2ccccc2)(C(CN)CO)CCO1.O=C(O)C(=O)O. The summed E-state index contributed by atoms with van der Waals surface area (Å²) in [7, 11) is 0. The molecule has 0 amide bonds. The third-order valence-corrected chi connectivity index (χ3v) is 5.01. The summed E-state index contributed by atoms with van der Waals surface area (Å²) in [6.07, 6.45) is 2.12. The van der Waals surface area contributed by atoms with E-state index in [1.165, 1.54) is 5.56 Å². The summed E-state index contributed by atoms with van der Waals surface area (Å²) in [6, 6.07) is 10.5. The maximum atomic E-state index is 9.81. The van der Waals surface area contributed by atoms with E-state index in [0.29, 0.717) is 12.5 Å². The van der Waals surface area contributed by atoms with Gasteiger partial charge in [-0.05, 0) is 30.9 Å². The monoisotopic (exact) mass is 367 g/mol. The lowest BCUT2D eigenvalue weighted by molar-refractivity contribution is -0.159. The van der Waals surface area contributed by atoms with Crippen LogP contribution in [0.3, 0.4) is 0 Å². The van der Waals surface area contributed by atoms with Crippen LogP contribution in [0.1, 0.15) is 32.3 Å². The van der Waals surface area contributed by atoms with Gasteiger partial charge in [-0.15, -0.1) is 0 Å². The third-order valence-electron chi connectivity index (χ3n) is 5.01. The molecule has 2 rings (SSSR count). The topological polar surface area (TPSA) is 130 Å². The zero-order valence-corrected chi connectivity index (χ0v) is 15.3. The Labute approximate surface area is 153 Å². The summed E-state index contributed by atoms with van der Waals surface area (Å²) in [6.45, 7) is 5.78. The molecule has 5 N–H and O–H groups in total. The van der Waals surface area contributed by atoms with E-state index >= 15 is 0 Å². The minimum atomic E-state index is -1.82. The van der Waals surface area contributed by atoms with Crippen molar-refractivity contribution in [1.82, 2.24) is 0 Å². The number of hydrogen-bond acceptors (Lipinski definition) is 5. The molecule has 1 aromatic carbocycles. The first-order valence-corrected chi connectivity index (χ1v) is 8.72. The number of carbonyl (C=O) groups is 2. The molecule has 0 radical (unpaired) electrons. The van der Waals surface area contributed by atoms with E-state index in [9.17, 15) is 5.11 Å². The van der Waals surface area contributed by atoms with Crippen molar-refractivity contribution in [3.63, 3.8) is 0 Å². The van der Waals surface area contributed by atoms with Gasteiger partial charge >= 0.3 is 11.9 Å². The average molecular weight is 367 g/mol. The first-order valence-electron chi connectivity index (χ1n) is 8.72. The van der Waals surface area contributed by atoms with Crippen LogP contribution in [0.5, 0.6) is 0 Å². The van der Waals surface area contributed by atoms with Crippen molar-refractivity contribution in [3.8, 4) is 0 Å². The van der Waals surface area contributed by atoms with Crippen molar-refractivity contribution in [1.29, 1.82) is 0 Å². The minimum Gasteiger partial charge on any atom is -0.473 e. The fourth-order valence-corrected chi connectivity index (χ4v) is 3.45. The maximum Gasteiger partial charge on any atom is 0.414 e. The molecular formula is C19H29NO6. The molecule has 0 spiro atoms. The molecular weight excluding hydrogens is 338 g/mol. The first-order chi connectivity index (χ1) is 12.3. The summed E-state index contributed by atoms with van der Waals surface area (Å²) >= 11 is 0. The van der Waals surface area contributed by atoms with Gasteiger partial charge in [-0.3, -0.25) is 0 Å². The van der Waals surface area contributed by atoms with Crippen molar-refractivity contribution < 1.29 is 29.6 Å². The molecule has 1 saturated heterocycles. The van der Waals surface area contributed by atoms with Gasteiger partial charge in [0.2, 0.25) is 0 Å². The quantitative estimate of drug-likeness (QED) is 0.580. The van der Waals surface area contributed by atoms with E-state index in [1.54, 1.807) is 0 Å². The first kappa shape index (κ1) is 22.1. The van der Waals surface area contributed by atoms with Crippen molar-refractivity contribution in [2.75, 3.05) is 19.8 Å². The maximum absolute atomic E-state index is 9.81. The number of hydrogen-bond donors (Lipinski definition) is 4. The molecule has 146 valence electrons. The highest BCUT2D eigenvalue weighted by molar-refractivity contribution is 6.27. The van der Waals surface area contributed by atoms with E-state index in [0.717, 1.165) is 19.4 Å². The van der Waals surface area contributed by atoms with Gasteiger partial charge < -0.3 is 25.8 Å². The molecule has 0 bridgehead atoms. The van der Waals surface area contributed by atoms with Gasteiger partial charge in [0.05, 0.1) is 6.10 Å². The summed E-state index contributed by atoms with van der Waals surface area (Å²) in [4.78, 5) is 18.2. The summed E-state index contributed by atoms with van der Waals surface area (Å²) in [5.41, 5.74) is 7.19. The van der Waals surface area contributed by atoms with Crippen LogP contribution in [0.25, 0.3) is 0 Å². The van der Waals surface area contributed by atoms with Crippen LogP contribution < -0.4 is 5.73 Å². The lowest BCUT2D eigenvalue weighted by Gasteiger charge is -2.47. The molecule has 1 fully saturated rings. The lowest BCUT2D eigenvalue weighted by Crippen LogP contribution is -2.49. The zero-order chi connectivity index (χ0) is 19.7. The average Bonchev–Trinajstić information content (AvgIpc) is 2.64. The smallest absolute Gasteiger partial charge is 0.414 e. The number of aliphatic hydroxyl groups is 1. The Morgan fingerprint density at radius 2 is 1.81 bits per heavy atom. The molecule has 0 aromatic heterocycles. The third kappa shape index (κ3) is 5.52. The lowest BCUT2D eigenvalue weighted by atomic mass is 9.63. The van der Waals surface area contributed by atoms with E-state index in [4.69, 9.17) is 30.3 Å². The molecule has 0 saturated carbocycles. The van der Waals surface area contributed by atoms with Crippen molar-refractivity contribution in [2.45, 2.75) is 38.2 Å². The molecule has 7 heteroatoms. The van der Waals surface area contributed by atoms with Crippen LogP contribution in [-0.2, 0) is 19.7 Å². The second-order valence-corrected chi connectivity index (χ2v) is 6.86. The fraction of sp³-hybridized carbons (Fsp3) is 0.579. The van der Waals surface area contributed by atoms with E-state index in [-0.39, 0.29) is 24.0 Å². The van der Waals surface area contributed by atoms with Crippen LogP contribution in [0.4, 0.5) is 0 Å². The summed E-state index contributed by atoms with van der Waals surface area (Å²) in [5.74, 6) is -3.07. The number of carboxylic acid groups (broad SMARTS) is 2. The Hall–Kier alpha value is -1.96. The predicted molar refractivity (Wildman–Crippen MR) is 96.8 cm³/mol. The number of carboxylic acids is 2. The normalized spacial score (nSPS) is 23.7. The van der Waals surface area contributed by atoms with E-state index in [2.05, 4.69) is 38.1 Å². The standard InChI is InChI=1S/C17H27NO2.C2H2O4/c1-13(2)16-10-17(8-9-20-16,15(11-18)12-19)14-6-4-3-5-7-14;3-1(4)2(5)6/h3-7,13,15-16,19H,8-12,18H2,1-2H3;(H,3,4)(H,5,6). The molecule has 7 nitrogen and oxygen atoms in total. The largest absolute Gasteiger partial charge is 0.473 e. The summed E-state index contributed by atoms with van der Waals surface area (Å²) in [5, 5.41) is 24.6. The molecule has 1 heterocycles. The highest BCUT2D eigenvalue weighted by Gasteiger charge is 2.44. The van der Waals surface area contributed by atoms with Crippen molar-refractivity contribution >= 4 is 11.9 Å². The zero-order valence-electron chi connectivity index (χ0n) is 15.3. The predicted octanol–water partition coefficient (Wildman–Crippen LogP) is 1.48. The number of aliphatic carboxylic acids is 2. The van der Waals surface area contributed by atoms with E-state index in [1.807, 2.05) is 6.07 Å². The van der Waals surface area contributed by atoms with Gasteiger partial charge in [-0.2, -0.15) is 0 Å². The molecule has 0 aliphatic carbocycles. The summed E-state index contributed by atoms with van der Waals surface area (Å²) < 4.78 is 5.93. The Kier molecular flexibility index (Phi) is 8.71. The molecule has 3 atom stereocenters. The van der Waals surface area contributed by atoms with E-state index < -0.39 is 11.9 Å². The fourth-order valence-electron chi connectivity index (χ4n) is 3.45. The molecule has 1 aromatic rings. The second-order valence-electron chi connectivity index (χ2n) is 6.86. The number of aliphatic hydroxyl groups excluding tert-OH is 1. The van der Waals surface area contributed by atoms with Crippen LogP contribution in [0.2, 0.25) is 0 Å². The van der Waals surface area contributed by atoms with Crippen molar-refractivity contribution in [2.24, 2.45) is 17.6 Å². The Morgan fingerprint density at radius 3 is 2.23 bits per heavy atom. The molecule has 1 aliphatic rings. The Bertz CT molecular complexity index is 561. The number of ether oxygens (including phenoxy) is 1. The Morgan fingerprint density at radius 1 is 1.23 bits per heavy atom. The Balaban J connectivity index is 0.000000487. The molecule has 3 unspecified atom stereocenters. The van der Waals surface area contributed by atoms with Crippen molar-refractivity contribution in [3.05, 3.63) is 35.9 Å². The van der Waals surface area contributed by atoms with Gasteiger partial charge in [-0.25, -0.2) is 9.59 Å². The minimum absolute atomic E-state index is 0.0576. The number of nitrogens with two attached hydrogens (primary N) is 1. The second kappa shape index (κ2) is 10.3.